The fourth-order valence-electron chi connectivity index (χ4n) is 1.83. The third-order valence-corrected chi connectivity index (χ3v) is 4.30. The molecule has 0 fully saturated rings. The van der Waals surface area contributed by atoms with E-state index in [1.807, 2.05) is 35.9 Å². The first-order valence-corrected chi connectivity index (χ1v) is 8.51. The monoisotopic (exact) mass is 332 g/mol. The van der Waals surface area contributed by atoms with Gasteiger partial charge in [0.2, 0.25) is 11.7 Å². The van der Waals surface area contributed by atoms with Gasteiger partial charge < -0.3 is 9.15 Å². The topological polar surface area (TPSA) is 65.2 Å². The quantitative estimate of drug-likeness (QED) is 0.529. The molecule has 3 heterocycles. The molecular formula is C15H12N2O3S2. The van der Waals surface area contributed by atoms with Gasteiger partial charge in [-0.25, -0.2) is 4.98 Å². The molecule has 0 spiro atoms. The van der Waals surface area contributed by atoms with Gasteiger partial charge in [-0.05, 0) is 29.8 Å². The highest BCUT2D eigenvalue weighted by Crippen LogP contribution is 2.37. The number of ether oxygens (including phenoxy) is 1. The molecule has 112 valence electrons. The van der Waals surface area contributed by atoms with Crippen LogP contribution in [-0.4, -0.2) is 22.2 Å². The highest BCUT2D eigenvalue weighted by atomic mass is 32.2. The Morgan fingerprint density at radius 2 is 2.23 bits per heavy atom. The predicted molar refractivity (Wildman–Crippen MR) is 86.1 cm³/mol. The van der Waals surface area contributed by atoms with Crippen LogP contribution in [0.25, 0.3) is 22.1 Å². The molecule has 0 amide bonds. The summed E-state index contributed by atoms with van der Waals surface area (Å²) in [5, 5.41) is 2.83. The van der Waals surface area contributed by atoms with Crippen molar-refractivity contribution in [2.45, 2.75) is 11.9 Å². The number of nitrogens with zero attached hydrogens (tertiary/aromatic N) is 2. The summed E-state index contributed by atoms with van der Waals surface area (Å²) in [5.41, 5.74) is 0.731. The molecule has 0 N–H and O–H groups in total. The zero-order chi connectivity index (χ0) is 15.5. The van der Waals surface area contributed by atoms with Crippen LogP contribution >= 0.6 is 23.1 Å². The molecule has 22 heavy (non-hydrogen) atoms. The van der Waals surface area contributed by atoms with Gasteiger partial charge in [0.25, 0.3) is 5.88 Å². The van der Waals surface area contributed by atoms with Crippen molar-refractivity contribution in [3.05, 3.63) is 35.8 Å². The molecule has 3 aromatic rings. The van der Waals surface area contributed by atoms with E-state index >= 15 is 0 Å². The van der Waals surface area contributed by atoms with Crippen LogP contribution in [-0.2, 0) is 4.79 Å². The molecule has 7 heteroatoms. The van der Waals surface area contributed by atoms with Crippen molar-refractivity contribution in [3.63, 3.8) is 0 Å². The molecule has 0 aromatic carbocycles. The first-order chi connectivity index (χ1) is 10.7. The average Bonchev–Trinajstić information content (AvgIpc) is 3.16. The van der Waals surface area contributed by atoms with E-state index < -0.39 is 5.97 Å². The van der Waals surface area contributed by atoms with Crippen LogP contribution < -0.4 is 4.74 Å². The third-order valence-electron chi connectivity index (χ3n) is 2.77. The lowest BCUT2D eigenvalue weighted by Crippen LogP contribution is -2.02. The van der Waals surface area contributed by atoms with Crippen molar-refractivity contribution >= 4 is 29.1 Å². The van der Waals surface area contributed by atoms with E-state index in [4.69, 9.17) is 9.15 Å². The molecule has 0 atom stereocenters. The minimum absolute atomic E-state index is 0.180. The van der Waals surface area contributed by atoms with Crippen molar-refractivity contribution in [3.8, 4) is 28.0 Å². The summed E-state index contributed by atoms with van der Waals surface area (Å²) < 4.78 is 10.9. The van der Waals surface area contributed by atoms with Gasteiger partial charge in [-0.3, -0.25) is 4.79 Å². The SMILES string of the molecule is CSc1ccc(-c2nc(OC(C)=O)c(-c3cccs3)o2)cn1. The molecular weight excluding hydrogens is 320 g/mol. The minimum atomic E-state index is -0.437. The van der Waals surface area contributed by atoms with Crippen molar-refractivity contribution in [1.82, 2.24) is 9.97 Å². The van der Waals surface area contributed by atoms with Crippen molar-refractivity contribution < 1.29 is 13.9 Å². The Hall–Kier alpha value is -2.12. The number of esters is 1. The second-order valence-corrected chi connectivity index (χ2v) is 6.09. The molecule has 0 aliphatic carbocycles. The van der Waals surface area contributed by atoms with Crippen molar-refractivity contribution in [2.24, 2.45) is 0 Å². The highest BCUT2D eigenvalue weighted by molar-refractivity contribution is 7.98. The number of hydrogen-bond donors (Lipinski definition) is 0. The number of oxazole rings is 1. The fraction of sp³-hybridized carbons (Fsp3) is 0.133. The minimum Gasteiger partial charge on any atom is -0.431 e. The molecule has 0 saturated carbocycles. The van der Waals surface area contributed by atoms with E-state index in [-0.39, 0.29) is 5.88 Å². The van der Waals surface area contributed by atoms with Gasteiger partial charge in [0.05, 0.1) is 15.5 Å². The average molecular weight is 332 g/mol. The van der Waals surface area contributed by atoms with Gasteiger partial charge in [0.15, 0.2) is 0 Å². The van der Waals surface area contributed by atoms with E-state index in [2.05, 4.69) is 9.97 Å². The number of thioether (sulfide) groups is 1. The van der Waals surface area contributed by atoms with E-state index in [0.29, 0.717) is 11.7 Å². The maximum atomic E-state index is 11.2. The lowest BCUT2D eigenvalue weighted by atomic mass is 10.3. The van der Waals surface area contributed by atoms with E-state index in [0.717, 1.165) is 15.5 Å². The maximum Gasteiger partial charge on any atom is 0.309 e. The third kappa shape index (κ3) is 3.05. The summed E-state index contributed by atoms with van der Waals surface area (Å²) >= 11 is 3.05. The van der Waals surface area contributed by atoms with E-state index in [1.54, 1.807) is 18.0 Å². The van der Waals surface area contributed by atoms with Crippen LogP contribution in [0.15, 0.2) is 45.3 Å². The molecule has 0 aliphatic rings. The van der Waals surface area contributed by atoms with Crippen LogP contribution in [0.5, 0.6) is 5.88 Å². The maximum absolute atomic E-state index is 11.2. The lowest BCUT2D eigenvalue weighted by molar-refractivity contribution is -0.132. The van der Waals surface area contributed by atoms with Crippen LogP contribution in [0.3, 0.4) is 0 Å². The Balaban J connectivity index is 2.03. The highest BCUT2D eigenvalue weighted by Gasteiger charge is 2.20. The van der Waals surface area contributed by atoms with Crippen molar-refractivity contribution in [2.75, 3.05) is 6.26 Å². The fourth-order valence-corrected chi connectivity index (χ4v) is 2.89. The smallest absolute Gasteiger partial charge is 0.309 e. The summed E-state index contributed by atoms with van der Waals surface area (Å²) in [6.07, 6.45) is 3.65. The lowest BCUT2D eigenvalue weighted by Gasteiger charge is -1.96. The Labute approximate surface area is 135 Å². The summed E-state index contributed by atoms with van der Waals surface area (Å²) in [6.45, 7) is 1.33. The standard InChI is InChI=1S/C15H12N2O3S2/c1-9(18)19-15-13(11-4-3-7-22-11)20-14(17-15)10-5-6-12(21-2)16-8-10/h3-8H,1-2H3. The number of thiophene rings is 1. The molecule has 0 bridgehead atoms. The Morgan fingerprint density at radius 3 is 2.82 bits per heavy atom. The van der Waals surface area contributed by atoms with Crippen molar-refractivity contribution in [1.29, 1.82) is 0 Å². The van der Waals surface area contributed by atoms with E-state index in [1.165, 1.54) is 18.3 Å². The summed E-state index contributed by atoms with van der Waals surface area (Å²) in [6, 6.07) is 7.55. The Morgan fingerprint density at radius 1 is 1.36 bits per heavy atom. The molecule has 0 unspecified atom stereocenters. The molecule has 3 rings (SSSR count). The normalized spacial score (nSPS) is 10.6. The predicted octanol–water partition coefficient (Wildman–Crippen LogP) is 4.11. The second-order valence-electron chi connectivity index (χ2n) is 4.31. The summed E-state index contributed by atoms with van der Waals surface area (Å²) in [5.74, 6) is 0.571. The number of rotatable bonds is 4. The number of carbonyl (C=O) groups is 1. The first kappa shape index (κ1) is 14.8. The summed E-state index contributed by atoms with van der Waals surface area (Å²) in [4.78, 5) is 20.7. The van der Waals surface area contributed by atoms with Gasteiger partial charge in [-0.1, -0.05) is 6.07 Å². The largest absolute Gasteiger partial charge is 0.431 e. The van der Waals surface area contributed by atoms with E-state index in [9.17, 15) is 4.79 Å². The Kier molecular flexibility index (Phi) is 4.26. The van der Waals surface area contributed by atoms with Gasteiger partial charge in [0, 0.05) is 13.1 Å². The van der Waals surface area contributed by atoms with Crippen LogP contribution in [0.4, 0.5) is 0 Å². The van der Waals surface area contributed by atoms with Gasteiger partial charge in [-0.2, -0.15) is 4.98 Å². The zero-order valence-corrected chi connectivity index (χ0v) is 13.5. The molecule has 0 aliphatic heterocycles. The number of carbonyl (C=O) groups excluding carboxylic acids is 1. The van der Waals surface area contributed by atoms with Gasteiger partial charge in [-0.15, -0.1) is 23.1 Å². The van der Waals surface area contributed by atoms with Gasteiger partial charge in [0.1, 0.15) is 0 Å². The zero-order valence-electron chi connectivity index (χ0n) is 11.9. The number of aromatic nitrogens is 2. The van der Waals surface area contributed by atoms with Crippen LogP contribution in [0.1, 0.15) is 6.92 Å². The summed E-state index contributed by atoms with van der Waals surface area (Å²) in [7, 11) is 0. The second kappa shape index (κ2) is 6.33. The first-order valence-electron chi connectivity index (χ1n) is 6.41. The van der Waals surface area contributed by atoms with Crippen LogP contribution in [0, 0.1) is 0 Å². The Bertz CT molecular complexity index is 780. The molecule has 0 radical (unpaired) electrons. The molecule has 0 saturated heterocycles. The number of hydrogen-bond acceptors (Lipinski definition) is 7. The van der Waals surface area contributed by atoms with Crippen LogP contribution in [0.2, 0.25) is 0 Å². The van der Waals surface area contributed by atoms with Gasteiger partial charge >= 0.3 is 5.97 Å². The molecule has 5 nitrogen and oxygen atoms in total. The number of pyridine rings is 1. The molecule has 3 aromatic heterocycles.